The number of anilines is 1. The summed E-state index contributed by atoms with van der Waals surface area (Å²) < 4.78 is 9.99. The van der Waals surface area contributed by atoms with Crippen molar-refractivity contribution in [1.29, 1.82) is 0 Å². The van der Waals surface area contributed by atoms with Crippen LogP contribution in [0.15, 0.2) is 4.52 Å². The normalized spacial score (nSPS) is 12.8. The lowest BCUT2D eigenvalue weighted by atomic mass is 10.2. The van der Waals surface area contributed by atoms with Gasteiger partial charge in [0.1, 0.15) is 0 Å². The van der Waals surface area contributed by atoms with E-state index in [9.17, 15) is 0 Å². The van der Waals surface area contributed by atoms with E-state index < -0.39 is 0 Å². The van der Waals surface area contributed by atoms with Crippen molar-refractivity contribution in [3.8, 4) is 0 Å². The van der Waals surface area contributed by atoms with Crippen LogP contribution >= 0.6 is 0 Å². The molecule has 1 unspecified atom stereocenters. The van der Waals surface area contributed by atoms with Gasteiger partial charge >= 0.3 is 0 Å². The van der Waals surface area contributed by atoms with Gasteiger partial charge in [0.05, 0.1) is 6.04 Å². The molecule has 1 atom stereocenters. The predicted octanol–water partition coefficient (Wildman–Crippen LogP) is 0.562. The van der Waals surface area contributed by atoms with Gasteiger partial charge in [-0.1, -0.05) is 0 Å². The molecule has 0 aliphatic rings. The average molecular weight is 214 g/mol. The maximum Gasteiger partial charge on any atom is 0.265 e. The third-order valence-electron chi connectivity index (χ3n) is 2.20. The van der Waals surface area contributed by atoms with Crippen LogP contribution in [0.5, 0.6) is 0 Å². The SMILES string of the molecule is CCN(C)c1noc(C(N)CCOC)n1. The number of methoxy groups -OCH3 is 1. The van der Waals surface area contributed by atoms with E-state index in [0.717, 1.165) is 6.54 Å². The average Bonchev–Trinajstić information content (AvgIpc) is 2.74. The maximum atomic E-state index is 5.84. The molecule has 6 heteroatoms. The zero-order valence-corrected chi connectivity index (χ0v) is 9.43. The summed E-state index contributed by atoms with van der Waals surface area (Å²) in [5.74, 6) is 1.03. The molecule has 15 heavy (non-hydrogen) atoms. The van der Waals surface area contributed by atoms with Crippen LogP contribution in [-0.2, 0) is 4.74 Å². The fourth-order valence-electron chi connectivity index (χ4n) is 1.04. The quantitative estimate of drug-likeness (QED) is 0.745. The molecule has 0 aliphatic carbocycles. The summed E-state index contributed by atoms with van der Waals surface area (Å²) in [4.78, 5) is 6.09. The highest BCUT2D eigenvalue weighted by molar-refractivity contribution is 5.25. The van der Waals surface area contributed by atoms with Crippen LogP contribution in [0.2, 0.25) is 0 Å². The van der Waals surface area contributed by atoms with Crippen molar-refractivity contribution < 1.29 is 9.26 Å². The van der Waals surface area contributed by atoms with E-state index in [0.29, 0.717) is 24.9 Å². The van der Waals surface area contributed by atoms with Gasteiger partial charge in [0.25, 0.3) is 5.95 Å². The van der Waals surface area contributed by atoms with E-state index in [2.05, 4.69) is 10.1 Å². The number of hydrogen-bond acceptors (Lipinski definition) is 6. The second-order valence-electron chi connectivity index (χ2n) is 3.33. The molecule has 2 N–H and O–H groups in total. The van der Waals surface area contributed by atoms with Gasteiger partial charge in [0.15, 0.2) is 0 Å². The maximum absolute atomic E-state index is 5.84. The zero-order valence-electron chi connectivity index (χ0n) is 9.43. The molecular formula is C9H18N4O2. The third kappa shape index (κ3) is 3.17. The minimum Gasteiger partial charge on any atom is -0.385 e. The Kier molecular flexibility index (Phi) is 4.51. The van der Waals surface area contributed by atoms with Crippen molar-refractivity contribution in [3.05, 3.63) is 5.89 Å². The van der Waals surface area contributed by atoms with Crippen LogP contribution in [-0.4, -0.2) is 37.4 Å². The minimum atomic E-state index is -0.253. The summed E-state index contributed by atoms with van der Waals surface area (Å²) in [5.41, 5.74) is 5.84. The molecule has 0 saturated carbocycles. The largest absolute Gasteiger partial charge is 0.385 e. The van der Waals surface area contributed by atoms with Crippen molar-refractivity contribution in [2.24, 2.45) is 5.73 Å². The lowest BCUT2D eigenvalue weighted by molar-refractivity contribution is 0.182. The van der Waals surface area contributed by atoms with Gasteiger partial charge in [-0.15, -0.1) is 0 Å². The standard InChI is InChI=1S/C9H18N4O2/c1-4-13(2)9-11-8(15-12-9)7(10)5-6-14-3/h7H,4-6,10H2,1-3H3. The molecule has 1 heterocycles. The Morgan fingerprint density at radius 1 is 1.60 bits per heavy atom. The number of nitrogens with zero attached hydrogens (tertiary/aromatic N) is 3. The van der Waals surface area contributed by atoms with E-state index in [1.165, 1.54) is 0 Å². The molecule has 0 amide bonds. The molecule has 0 spiro atoms. The van der Waals surface area contributed by atoms with Gasteiger partial charge in [-0.25, -0.2) is 0 Å². The van der Waals surface area contributed by atoms with Crippen molar-refractivity contribution in [1.82, 2.24) is 10.1 Å². The number of rotatable bonds is 6. The van der Waals surface area contributed by atoms with Gasteiger partial charge < -0.3 is 19.9 Å². The fourth-order valence-corrected chi connectivity index (χ4v) is 1.04. The molecule has 0 saturated heterocycles. The van der Waals surface area contributed by atoms with Crippen LogP contribution in [0, 0.1) is 0 Å². The molecule has 0 radical (unpaired) electrons. The van der Waals surface area contributed by atoms with Crippen LogP contribution < -0.4 is 10.6 Å². The van der Waals surface area contributed by atoms with Gasteiger partial charge in [-0.3, -0.25) is 0 Å². The lowest BCUT2D eigenvalue weighted by Crippen LogP contribution is -2.18. The number of ether oxygens (including phenoxy) is 1. The van der Waals surface area contributed by atoms with Gasteiger partial charge in [-0.05, 0) is 18.5 Å². The molecule has 6 nitrogen and oxygen atoms in total. The molecule has 0 fully saturated rings. The summed E-state index contributed by atoms with van der Waals surface area (Å²) in [6.07, 6.45) is 0.675. The summed E-state index contributed by atoms with van der Waals surface area (Å²) in [5, 5.41) is 3.84. The van der Waals surface area contributed by atoms with Crippen LogP contribution in [0.4, 0.5) is 5.95 Å². The Labute approximate surface area is 89.4 Å². The Bertz CT molecular complexity index is 289. The van der Waals surface area contributed by atoms with E-state index >= 15 is 0 Å². The second kappa shape index (κ2) is 5.67. The topological polar surface area (TPSA) is 77.4 Å². The van der Waals surface area contributed by atoms with Crippen molar-refractivity contribution >= 4 is 5.95 Å². The summed E-state index contributed by atoms with van der Waals surface area (Å²) in [7, 11) is 3.53. The first kappa shape index (κ1) is 11.9. The highest BCUT2D eigenvalue weighted by Crippen LogP contribution is 2.14. The monoisotopic (exact) mass is 214 g/mol. The van der Waals surface area contributed by atoms with E-state index in [-0.39, 0.29) is 6.04 Å². The Balaban J connectivity index is 2.58. The minimum absolute atomic E-state index is 0.253. The Morgan fingerprint density at radius 3 is 2.93 bits per heavy atom. The van der Waals surface area contributed by atoms with E-state index in [4.69, 9.17) is 15.0 Å². The fraction of sp³-hybridized carbons (Fsp3) is 0.778. The lowest BCUT2D eigenvalue weighted by Gasteiger charge is -2.09. The molecular weight excluding hydrogens is 196 g/mol. The Hall–Kier alpha value is -1.14. The Morgan fingerprint density at radius 2 is 2.33 bits per heavy atom. The van der Waals surface area contributed by atoms with Gasteiger partial charge in [0.2, 0.25) is 5.89 Å². The molecule has 86 valence electrons. The summed E-state index contributed by atoms with van der Waals surface area (Å²) in [6.45, 7) is 3.43. The third-order valence-corrected chi connectivity index (χ3v) is 2.20. The van der Waals surface area contributed by atoms with Gasteiger partial charge in [-0.2, -0.15) is 4.98 Å². The first-order chi connectivity index (χ1) is 7.19. The molecule has 0 aromatic carbocycles. The summed E-state index contributed by atoms with van der Waals surface area (Å²) >= 11 is 0. The summed E-state index contributed by atoms with van der Waals surface area (Å²) in [6, 6.07) is -0.253. The predicted molar refractivity (Wildman–Crippen MR) is 56.7 cm³/mol. The zero-order chi connectivity index (χ0) is 11.3. The number of aromatic nitrogens is 2. The van der Waals surface area contributed by atoms with E-state index in [1.807, 2.05) is 18.9 Å². The van der Waals surface area contributed by atoms with Crippen LogP contribution in [0.3, 0.4) is 0 Å². The van der Waals surface area contributed by atoms with Crippen LogP contribution in [0.1, 0.15) is 25.3 Å². The highest BCUT2D eigenvalue weighted by atomic mass is 16.5. The number of nitrogens with two attached hydrogens (primary N) is 1. The van der Waals surface area contributed by atoms with Crippen LogP contribution in [0.25, 0.3) is 0 Å². The smallest absolute Gasteiger partial charge is 0.265 e. The van der Waals surface area contributed by atoms with Gasteiger partial charge in [0, 0.05) is 27.3 Å². The highest BCUT2D eigenvalue weighted by Gasteiger charge is 2.15. The molecule has 1 rings (SSSR count). The van der Waals surface area contributed by atoms with E-state index in [1.54, 1.807) is 7.11 Å². The first-order valence-corrected chi connectivity index (χ1v) is 4.98. The second-order valence-corrected chi connectivity index (χ2v) is 3.33. The van der Waals surface area contributed by atoms with Crippen molar-refractivity contribution in [3.63, 3.8) is 0 Å². The molecule has 1 aromatic rings. The molecule has 0 aliphatic heterocycles. The van der Waals surface area contributed by atoms with Crippen molar-refractivity contribution in [2.75, 3.05) is 32.2 Å². The first-order valence-electron chi connectivity index (χ1n) is 4.98. The molecule has 0 bridgehead atoms. The van der Waals surface area contributed by atoms with Crippen molar-refractivity contribution in [2.45, 2.75) is 19.4 Å². The number of hydrogen-bond donors (Lipinski definition) is 1. The molecule has 1 aromatic heterocycles.